The highest BCUT2D eigenvalue weighted by molar-refractivity contribution is 6.13. The molecule has 0 unspecified atom stereocenters. The van der Waals surface area contributed by atoms with Gasteiger partial charge in [-0.2, -0.15) is 0 Å². The fourth-order valence-electron chi connectivity index (χ4n) is 9.39. The van der Waals surface area contributed by atoms with Gasteiger partial charge >= 0.3 is 0 Å². The molecule has 2 aromatic heterocycles. The topological polar surface area (TPSA) is 13.1 Å². The fraction of sp³-hybridized carbons (Fsp3) is 0. The summed E-state index contributed by atoms with van der Waals surface area (Å²) in [6, 6.07) is 85.9. The summed E-state index contributed by atoms with van der Waals surface area (Å²) in [6.07, 6.45) is 0. The van der Waals surface area contributed by atoms with Crippen molar-refractivity contribution in [1.82, 2.24) is 9.13 Å². The van der Waals surface area contributed by atoms with Crippen LogP contribution in [0.1, 0.15) is 0 Å². The van der Waals surface area contributed by atoms with Gasteiger partial charge < -0.3 is 14.0 Å². The second kappa shape index (κ2) is 14.3. The van der Waals surface area contributed by atoms with Crippen molar-refractivity contribution in [3.63, 3.8) is 0 Å². The van der Waals surface area contributed by atoms with Gasteiger partial charge in [-0.05, 0) is 136 Å². The van der Waals surface area contributed by atoms with Crippen LogP contribution in [0.2, 0.25) is 0 Å². The van der Waals surface area contributed by atoms with Gasteiger partial charge in [0, 0.05) is 50.0 Å². The Hall–Kier alpha value is -8.14. The van der Waals surface area contributed by atoms with E-state index in [0.717, 1.165) is 22.7 Å². The van der Waals surface area contributed by atoms with E-state index in [2.05, 4.69) is 251 Å². The SMILES string of the molecule is c1ccc(N(c2ccc(-c3ccc4c(c3)c3cc(-c5ccc6c(c5)c5ccccc5n6-c5ccccc5)ccc3n4-c3ccccc3)cc2)c2ccc3ccccc3c2)cc1. The first-order chi connectivity index (χ1) is 30.2. The number of benzene rings is 10. The number of anilines is 3. The number of hydrogen-bond acceptors (Lipinski definition) is 1. The maximum Gasteiger partial charge on any atom is 0.0541 e. The minimum atomic E-state index is 1.11. The lowest BCUT2D eigenvalue weighted by atomic mass is 9.99. The Balaban J connectivity index is 0.981. The normalized spacial score (nSPS) is 11.6. The van der Waals surface area contributed by atoms with Gasteiger partial charge in [0.2, 0.25) is 0 Å². The summed E-state index contributed by atoms with van der Waals surface area (Å²) < 4.78 is 4.78. The molecule has 0 bridgehead atoms. The molecule has 2 heterocycles. The van der Waals surface area contributed by atoms with Crippen LogP contribution in [0, 0.1) is 0 Å². The first kappa shape index (κ1) is 34.9. The molecular formula is C58H39N3. The van der Waals surface area contributed by atoms with Crippen molar-refractivity contribution in [2.24, 2.45) is 0 Å². The quantitative estimate of drug-likeness (QED) is 0.157. The predicted molar refractivity (Wildman–Crippen MR) is 258 cm³/mol. The summed E-state index contributed by atoms with van der Waals surface area (Å²) in [5.41, 5.74) is 15.2. The van der Waals surface area contributed by atoms with Crippen molar-refractivity contribution in [1.29, 1.82) is 0 Å². The van der Waals surface area contributed by atoms with Gasteiger partial charge in [0.05, 0.1) is 22.1 Å². The zero-order valence-corrected chi connectivity index (χ0v) is 33.4. The highest BCUT2D eigenvalue weighted by Crippen LogP contribution is 2.41. The number of fused-ring (bicyclic) bond motifs is 7. The third kappa shape index (κ3) is 5.90. The molecule has 10 aromatic carbocycles. The minimum Gasteiger partial charge on any atom is -0.310 e. The van der Waals surface area contributed by atoms with Crippen LogP contribution in [0.25, 0.3) is 88.0 Å². The van der Waals surface area contributed by atoms with Crippen molar-refractivity contribution >= 4 is 71.4 Å². The summed E-state index contributed by atoms with van der Waals surface area (Å²) in [4.78, 5) is 2.34. The van der Waals surface area contributed by atoms with Gasteiger partial charge in [-0.25, -0.2) is 0 Å². The summed E-state index contributed by atoms with van der Waals surface area (Å²) in [5, 5.41) is 7.42. The molecule has 0 aliphatic carbocycles. The Morgan fingerprint density at radius 1 is 0.246 bits per heavy atom. The lowest BCUT2D eigenvalue weighted by molar-refractivity contribution is 1.18. The van der Waals surface area contributed by atoms with E-state index in [9.17, 15) is 0 Å². The van der Waals surface area contributed by atoms with Gasteiger partial charge in [0.15, 0.2) is 0 Å². The number of aromatic nitrogens is 2. The first-order valence-electron chi connectivity index (χ1n) is 20.9. The average molecular weight is 778 g/mol. The van der Waals surface area contributed by atoms with Crippen LogP contribution < -0.4 is 4.90 Å². The molecule has 0 aliphatic heterocycles. The summed E-state index contributed by atoms with van der Waals surface area (Å²) >= 11 is 0. The maximum atomic E-state index is 2.40. The van der Waals surface area contributed by atoms with Crippen LogP contribution in [0.15, 0.2) is 237 Å². The van der Waals surface area contributed by atoms with Crippen LogP contribution in [0.4, 0.5) is 17.1 Å². The third-order valence-corrected chi connectivity index (χ3v) is 12.3. The molecule has 0 saturated carbocycles. The highest BCUT2D eigenvalue weighted by atomic mass is 15.1. The minimum absolute atomic E-state index is 1.11. The molecule has 12 rings (SSSR count). The van der Waals surface area contributed by atoms with Gasteiger partial charge in [-0.1, -0.05) is 133 Å². The van der Waals surface area contributed by atoms with Crippen LogP contribution in [0.3, 0.4) is 0 Å². The van der Waals surface area contributed by atoms with Gasteiger partial charge in [0.25, 0.3) is 0 Å². The highest BCUT2D eigenvalue weighted by Gasteiger charge is 2.18. The van der Waals surface area contributed by atoms with Crippen LogP contribution in [-0.4, -0.2) is 9.13 Å². The van der Waals surface area contributed by atoms with Crippen LogP contribution >= 0.6 is 0 Å². The molecule has 0 fully saturated rings. The van der Waals surface area contributed by atoms with Crippen molar-refractivity contribution in [2.75, 3.05) is 4.90 Å². The van der Waals surface area contributed by atoms with E-state index in [4.69, 9.17) is 0 Å². The number of rotatable bonds is 7. The standard InChI is InChI=1S/C58H39N3/c1-4-16-46(17-5-1)59(50-32-26-40-14-10-11-15-42(40)36-50)49-30-24-41(25-31-49)43-27-33-57-53(37-43)54-39-45(29-35-58(54)61(57)48-20-8-3-9-21-48)44-28-34-56-52(38-44)51-22-12-13-23-55(51)60(56)47-18-6-2-7-19-47/h1-39H. The molecule has 61 heavy (non-hydrogen) atoms. The van der Waals surface area contributed by atoms with Crippen molar-refractivity contribution in [3.8, 4) is 33.6 Å². The van der Waals surface area contributed by atoms with Crippen LogP contribution in [0.5, 0.6) is 0 Å². The molecule has 12 aromatic rings. The molecule has 0 amide bonds. The molecule has 0 N–H and O–H groups in total. The number of para-hydroxylation sites is 4. The molecule has 3 heteroatoms. The zero-order valence-electron chi connectivity index (χ0n) is 33.4. The molecule has 0 aliphatic rings. The van der Waals surface area contributed by atoms with Gasteiger partial charge in [-0.3, -0.25) is 0 Å². The molecule has 286 valence electrons. The maximum absolute atomic E-state index is 2.40. The van der Waals surface area contributed by atoms with Gasteiger partial charge in [-0.15, -0.1) is 0 Å². The Morgan fingerprint density at radius 3 is 1.25 bits per heavy atom. The lowest BCUT2D eigenvalue weighted by Crippen LogP contribution is -2.09. The van der Waals surface area contributed by atoms with E-state index in [1.54, 1.807) is 0 Å². The lowest BCUT2D eigenvalue weighted by Gasteiger charge is -2.26. The van der Waals surface area contributed by atoms with E-state index in [1.165, 1.54) is 82.3 Å². The summed E-state index contributed by atoms with van der Waals surface area (Å²) in [5.74, 6) is 0. The summed E-state index contributed by atoms with van der Waals surface area (Å²) in [6.45, 7) is 0. The summed E-state index contributed by atoms with van der Waals surface area (Å²) in [7, 11) is 0. The first-order valence-corrected chi connectivity index (χ1v) is 20.9. The Labute approximate surface area is 354 Å². The second-order valence-electron chi connectivity index (χ2n) is 15.8. The number of nitrogens with zero attached hydrogens (tertiary/aromatic N) is 3. The van der Waals surface area contributed by atoms with Crippen molar-refractivity contribution in [2.45, 2.75) is 0 Å². The number of hydrogen-bond donors (Lipinski definition) is 0. The van der Waals surface area contributed by atoms with E-state index < -0.39 is 0 Å². The third-order valence-electron chi connectivity index (χ3n) is 12.3. The Bertz CT molecular complexity index is 3560. The molecule has 0 saturated heterocycles. The monoisotopic (exact) mass is 777 g/mol. The smallest absolute Gasteiger partial charge is 0.0541 e. The molecule has 0 radical (unpaired) electrons. The van der Waals surface area contributed by atoms with E-state index in [0.29, 0.717) is 0 Å². The average Bonchev–Trinajstić information content (AvgIpc) is 3.84. The second-order valence-corrected chi connectivity index (χ2v) is 15.8. The largest absolute Gasteiger partial charge is 0.310 e. The van der Waals surface area contributed by atoms with Crippen molar-refractivity contribution in [3.05, 3.63) is 237 Å². The van der Waals surface area contributed by atoms with E-state index in [1.807, 2.05) is 0 Å². The van der Waals surface area contributed by atoms with E-state index in [-0.39, 0.29) is 0 Å². The van der Waals surface area contributed by atoms with Crippen molar-refractivity contribution < 1.29 is 0 Å². The van der Waals surface area contributed by atoms with Crippen LogP contribution in [-0.2, 0) is 0 Å². The molecule has 0 spiro atoms. The zero-order chi connectivity index (χ0) is 40.3. The van der Waals surface area contributed by atoms with E-state index >= 15 is 0 Å². The van der Waals surface area contributed by atoms with Gasteiger partial charge in [0.1, 0.15) is 0 Å². The predicted octanol–water partition coefficient (Wildman–Crippen LogP) is 15.8. The Morgan fingerprint density at radius 2 is 0.656 bits per heavy atom. The Kier molecular flexibility index (Phi) is 8.17. The fourth-order valence-corrected chi connectivity index (χ4v) is 9.39. The molecule has 0 atom stereocenters. The molecule has 3 nitrogen and oxygen atoms in total. The molecular weight excluding hydrogens is 739 g/mol.